The number of nitrogens with zero attached hydrogens (tertiary/aromatic N) is 5. The number of hydrogen-bond acceptors (Lipinski definition) is 7. The molecule has 196 valence electrons. The molecule has 0 unspecified atom stereocenters. The highest BCUT2D eigenvalue weighted by Gasteiger charge is 2.39. The molecule has 3 heterocycles. The maximum atomic E-state index is 12.5. The summed E-state index contributed by atoms with van der Waals surface area (Å²) in [5, 5.41) is 4.97. The molecule has 0 radical (unpaired) electrons. The first-order valence-electron chi connectivity index (χ1n) is 10.7. The lowest BCUT2D eigenvalue weighted by molar-refractivity contribution is -0.142. The monoisotopic (exact) mass is 569 g/mol. The normalized spacial score (nSPS) is 12.4. The summed E-state index contributed by atoms with van der Waals surface area (Å²) < 4.78 is 45.3. The number of rotatable bonds is 0. The average molecular weight is 571 g/mol. The van der Waals surface area contributed by atoms with Crippen molar-refractivity contribution in [3.8, 4) is 0 Å². The van der Waals surface area contributed by atoms with Crippen LogP contribution in [0.3, 0.4) is 0 Å². The average Bonchev–Trinajstić information content (AvgIpc) is 3.27. The Morgan fingerprint density at radius 1 is 0.714 bits per heavy atom. The second kappa shape index (κ2) is 11.8. The third-order valence-corrected chi connectivity index (χ3v) is 7.77. The van der Waals surface area contributed by atoms with Gasteiger partial charge in [-0.25, -0.2) is 4.98 Å². The fourth-order valence-electron chi connectivity index (χ4n) is 2.73. The van der Waals surface area contributed by atoms with E-state index in [4.69, 9.17) is 23.2 Å². The Balaban J connectivity index is 0.000000267. The fraction of sp³-hybridized carbons (Fsp3) is 0.609. The second-order valence-corrected chi connectivity index (χ2v) is 13.1. The van der Waals surface area contributed by atoms with Crippen LogP contribution in [-0.2, 0) is 22.4 Å². The Bertz CT molecular complexity index is 1060. The topological polar surface area (TPSA) is 64.5 Å². The minimum absolute atomic E-state index is 0.0208. The lowest BCUT2D eigenvalue weighted by atomic mass is 9.90. The highest BCUT2D eigenvalue weighted by Crippen LogP contribution is 2.37. The van der Waals surface area contributed by atoms with Gasteiger partial charge in [-0.2, -0.15) is 17.5 Å². The predicted octanol–water partition coefficient (Wildman–Crippen LogP) is 8.68. The fourth-order valence-corrected chi connectivity index (χ4v) is 4.87. The number of aryl methyl sites for hydroxylation is 1. The van der Waals surface area contributed by atoms with Crippen LogP contribution in [0, 0.1) is 6.92 Å². The molecule has 0 aromatic carbocycles. The minimum Gasteiger partial charge on any atom is -0.257 e. The van der Waals surface area contributed by atoms with Crippen molar-refractivity contribution in [2.45, 2.75) is 91.7 Å². The Kier molecular flexibility index (Phi) is 10.7. The van der Waals surface area contributed by atoms with Crippen LogP contribution in [-0.4, -0.2) is 23.9 Å². The molecule has 3 aromatic rings. The number of alkyl halides is 3. The van der Waals surface area contributed by atoms with Crippen molar-refractivity contribution in [1.82, 2.24) is 23.9 Å². The van der Waals surface area contributed by atoms with E-state index < -0.39 is 17.3 Å². The van der Waals surface area contributed by atoms with Gasteiger partial charge in [0.15, 0.2) is 10.8 Å². The lowest BCUT2D eigenvalue weighted by Crippen LogP contribution is -2.22. The van der Waals surface area contributed by atoms with Crippen molar-refractivity contribution in [3.05, 3.63) is 49.4 Å². The zero-order chi connectivity index (χ0) is 27.4. The maximum absolute atomic E-state index is 12.5. The maximum Gasteiger partial charge on any atom is 0.435 e. The van der Waals surface area contributed by atoms with Gasteiger partial charge in [0, 0.05) is 17.8 Å². The first kappa shape index (κ1) is 31.7. The lowest BCUT2D eigenvalue weighted by Gasteiger charge is -2.21. The summed E-state index contributed by atoms with van der Waals surface area (Å²) in [6, 6.07) is 0. The van der Waals surface area contributed by atoms with Gasteiger partial charge >= 0.3 is 6.18 Å². The standard InChI is InChI=1S/C9H11F3N2.C7H9Cl2NS.C7H12N2S/c1-8(2,3)6-7(9(10,11)12)14-5-4-13-6;1-7(2,3)5-4(8)6(9)10-11-5;1-5-6(7(2,3)4)10-9-8-5/h4-5H,1-3H3;1-3H3;1-4H3. The number of halogens is 5. The molecule has 0 atom stereocenters. The van der Waals surface area contributed by atoms with E-state index in [9.17, 15) is 13.2 Å². The second-order valence-electron chi connectivity index (χ2n) is 10.8. The molecule has 0 bridgehead atoms. The Labute approximate surface area is 223 Å². The van der Waals surface area contributed by atoms with Crippen LogP contribution in [0.2, 0.25) is 10.2 Å². The van der Waals surface area contributed by atoms with E-state index in [2.05, 4.69) is 65.5 Å². The highest BCUT2D eigenvalue weighted by molar-refractivity contribution is 7.07. The zero-order valence-corrected chi connectivity index (χ0v) is 24.7. The van der Waals surface area contributed by atoms with Gasteiger partial charge in [-0.3, -0.25) is 4.98 Å². The van der Waals surface area contributed by atoms with Gasteiger partial charge in [-0.05, 0) is 40.8 Å². The summed E-state index contributed by atoms with van der Waals surface area (Å²) >= 11 is 14.5. The molecule has 0 aliphatic rings. The molecule has 0 amide bonds. The van der Waals surface area contributed by atoms with Gasteiger partial charge in [0.1, 0.15) is 0 Å². The van der Waals surface area contributed by atoms with E-state index in [1.807, 2.05) is 6.92 Å². The van der Waals surface area contributed by atoms with E-state index >= 15 is 0 Å². The van der Waals surface area contributed by atoms with Crippen LogP contribution in [0.1, 0.15) is 89.1 Å². The summed E-state index contributed by atoms with van der Waals surface area (Å²) in [6.45, 7) is 19.8. The summed E-state index contributed by atoms with van der Waals surface area (Å²) in [6.07, 6.45) is -2.11. The van der Waals surface area contributed by atoms with Gasteiger partial charge in [0.25, 0.3) is 0 Å². The highest BCUT2D eigenvalue weighted by atomic mass is 35.5. The predicted molar refractivity (Wildman–Crippen MR) is 140 cm³/mol. The molecule has 0 saturated heterocycles. The van der Waals surface area contributed by atoms with Crippen molar-refractivity contribution in [3.63, 3.8) is 0 Å². The Morgan fingerprint density at radius 2 is 1.20 bits per heavy atom. The molecule has 5 nitrogen and oxygen atoms in total. The largest absolute Gasteiger partial charge is 0.435 e. The number of hydrogen-bond donors (Lipinski definition) is 0. The molecule has 0 spiro atoms. The molecule has 3 aromatic heterocycles. The Hall–Kier alpha value is -1.36. The minimum atomic E-state index is -4.43. The molecule has 0 aliphatic carbocycles. The quantitative estimate of drug-likeness (QED) is 0.271. The molecule has 12 heteroatoms. The van der Waals surface area contributed by atoms with Gasteiger partial charge in [0.2, 0.25) is 0 Å². The summed E-state index contributed by atoms with van der Waals surface area (Å²) in [5.41, 5.74) is -0.253. The van der Waals surface area contributed by atoms with Crippen LogP contribution < -0.4 is 0 Å². The Morgan fingerprint density at radius 3 is 1.43 bits per heavy atom. The van der Waals surface area contributed by atoms with E-state index in [-0.39, 0.29) is 16.5 Å². The van der Waals surface area contributed by atoms with Crippen molar-refractivity contribution >= 4 is 46.3 Å². The van der Waals surface area contributed by atoms with Crippen LogP contribution in [0.5, 0.6) is 0 Å². The summed E-state index contributed by atoms with van der Waals surface area (Å²) in [7, 11) is 0. The van der Waals surface area contributed by atoms with Crippen LogP contribution in [0.15, 0.2) is 12.4 Å². The van der Waals surface area contributed by atoms with Gasteiger partial charge in [0.05, 0.1) is 26.2 Å². The smallest absolute Gasteiger partial charge is 0.257 e. The number of aromatic nitrogens is 5. The van der Waals surface area contributed by atoms with Gasteiger partial charge in [-0.15, -0.1) is 5.10 Å². The molecule has 3 rings (SSSR count). The van der Waals surface area contributed by atoms with Crippen LogP contribution in [0.25, 0.3) is 0 Å². The molecular formula is C23H32Cl2F3N5S2. The van der Waals surface area contributed by atoms with E-state index in [0.717, 1.165) is 16.8 Å². The molecule has 35 heavy (non-hydrogen) atoms. The van der Waals surface area contributed by atoms with Crippen molar-refractivity contribution < 1.29 is 13.2 Å². The first-order valence-corrected chi connectivity index (χ1v) is 13.0. The molecular weight excluding hydrogens is 538 g/mol. The van der Waals surface area contributed by atoms with Gasteiger partial charge < -0.3 is 0 Å². The van der Waals surface area contributed by atoms with E-state index in [1.54, 1.807) is 20.8 Å². The van der Waals surface area contributed by atoms with Crippen LogP contribution in [0.4, 0.5) is 13.2 Å². The van der Waals surface area contributed by atoms with Crippen molar-refractivity contribution in [2.75, 3.05) is 0 Å². The molecule has 0 N–H and O–H groups in total. The van der Waals surface area contributed by atoms with Crippen LogP contribution >= 0.6 is 46.3 Å². The third-order valence-electron chi connectivity index (χ3n) is 4.29. The van der Waals surface area contributed by atoms with Gasteiger partial charge in [-0.1, -0.05) is 90.0 Å². The summed E-state index contributed by atoms with van der Waals surface area (Å²) in [5.74, 6) is 0. The molecule has 0 fully saturated rings. The zero-order valence-electron chi connectivity index (χ0n) is 21.6. The SMILES string of the molecule is CC(C)(C)c1nccnc1C(F)(F)F.CC(C)(C)c1snc(Cl)c1Cl.Cc1nnsc1C(C)(C)C. The molecule has 0 saturated carbocycles. The third kappa shape index (κ3) is 9.55. The first-order chi connectivity index (χ1) is 15.7. The van der Waals surface area contributed by atoms with Crippen molar-refractivity contribution in [2.24, 2.45) is 0 Å². The molecule has 0 aliphatic heterocycles. The summed E-state index contributed by atoms with van der Waals surface area (Å²) in [4.78, 5) is 9.39. The van der Waals surface area contributed by atoms with E-state index in [0.29, 0.717) is 10.2 Å². The van der Waals surface area contributed by atoms with Crippen molar-refractivity contribution in [1.29, 1.82) is 0 Å². The van der Waals surface area contributed by atoms with E-state index in [1.165, 1.54) is 34.1 Å².